The number of aryl methyl sites for hydroxylation is 2. The first-order valence-corrected chi connectivity index (χ1v) is 22.3. The van der Waals surface area contributed by atoms with Crippen molar-refractivity contribution in [3.8, 4) is 11.5 Å². The second-order valence-electron chi connectivity index (χ2n) is 15.4. The van der Waals surface area contributed by atoms with E-state index in [0.29, 0.717) is 76.0 Å². The highest BCUT2D eigenvalue weighted by atomic mass is 32.2. The number of nitrogens with zero attached hydrogens (tertiary/aromatic N) is 9. The molecule has 0 aliphatic carbocycles. The molecule has 0 amide bonds. The third kappa shape index (κ3) is 8.12. The summed E-state index contributed by atoms with van der Waals surface area (Å²) in [5.41, 5.74) is 9.00. The Bertz CT molecular complexity index is 2750. The third-order valence-corrected chi connectivity index (χ3v) is 13.0. The number of ether oxygens (including phenoxy) is 2. The molecule has 4 aliphatic heterocycles. The van der Waals surface area contributed by atoms with Crippen molar-refractivity contribution in [3.05, 3.63) is 118 Å². The van der Waals surface area contributed by atoms with E-state index in [-0.39, 0.29) is 11.6 Å². The summed E-state index contributed by atoms with van der Waals surface area (Å²) in [6.07, 6.45) is 19.4. The van der Waals surface area contributed by atoms with Crippen molar-refractivity contribution >= 4 is 32.5 Å². The molecule has 0 unspecified atom stereocenters. The monoisotopic (exact) mass is 836 g/mol. The number of hydrogen-bond acceptors (Lipinski definition) is 11. The SMILES string of the molecule is CS(=O)(=O)N1CCC=C(c2cnc(CCc3c(F)ccc4c3CCO4)n3cnnc23)CC1.Fc1ccc2c(c1CCc1ncc(C3=CCCNCC3)c3nncn13)CCO2. The minimum Gasteiger partial charge on any atom is -0.493 e. The van der Waals surface area contributed by atoms with E-state index in [1.165, 1.54) is 28.3 Å². The Morgan fingerprint density at radius 2 is 1.23 bits per heavy atom. The fraction of sp³-hybridized carbons (Fsp3) is 0.395. The van der Waals surface area contributed by atoms with Gasteiger partial charge in [0.2, 0.25) is 10.0 Å². The first kappa shape index (κ1) is 39.8. The van der Waals surface area contributed by atoms with Crippen molar-refractivity contribution in [1.29, 1.82) is 0 Å². The topological polar surface area (TPSA) is 154 Å². The van der Waals surface area contributed by atoms with Gasteiger partial charge in [-0.15, -0.1) is 20.4 Å². The lowest BCUT2D eigenvalue weighted by Gasteiger charge is -2.17. The number of hydrogen-bond donors (Lipinski definition) is 1. The lowest BCUT2D eigenvalue weighted by molar-refractivity contribution is 0.356. The van der Waals surface area contributed by atoms with Crippen LogP contribution in [0.4, 0.5) is 8.78 Å². The van der Waals surface area contributed by atoms with E-state index < -0.39 is 10.0 Å². The Morgan fingerprint density at radius 1 is 0.683 bits per heavy atom. The van der Waals surface area contributed by atoms with Gasteiger partial charge in [0.15, 0.2) is 11.3 Å². The van der Waals surface area contributed by atoms with Gasteiger partial charge in [0.25, 0.3) is 0 Å². The molecule has 1 N–H and O–H groups in total. The molecule has 0 radical (unpaired) electrons. The number of rotatable bonds is 9. The molecule has 8 heterocycles. The molecule has 0 bridgehead atoms. The third-order valence-electron chi connectivity index (χ3n) is 11.7. The number of aromatic nitrogens is 8. The van der Waals surface area contributed by atoms with Crippen LogP contribution in [-0.4, -0.2) is 97.5 Å². The van der Waals surface area contributed by atoms with Crippen LogP contribution in [0, 0.1) is 11.6 Å². The zero-order valence-electron chi connectivity index (χ0n) is 33.4. The Labute approximate surface area is 346 Å². The molecule has 0 spiro atoms. The fourth-order valence-corrected chi connectivity index (χ4v) is 9.52. The van der Waals surface area contributed by atoms with Gasteiger partial charge in [0.05, 0.1) is 19.5 Å². The fourth-order valence-electron chi connectivity index (χ4n) is 8.66. The Kier molecular flexibility index (Phi) is 11.4. The largest absolute Gasteiger partial charge is 0.493 e. The van der Waals surface area contributed by atoms with E-state index >= 15 is 0 Å². The molecule has 4 aromatic heterocycles. The Hall–Kier alpha value is -5.65. The van der Waals surface area contributed by atoms with Crippen LogP contribution in [0.5, 0.6) is 11.5 Å². The van der Waals surface area contributed by atoms with E-state index in [4.69, 9.17) is 14.5 Å². The summed E-state index contributed by atoms with van der Waals surface area (Å²) in [5.74, 6) is 2.77. The highest BCUT2D eigenvalue weighted by molar-refractivity contribution is 7.88. The number of fused-ring (bicyclic) bond motifs is 4. The number of benzene rings is 2. The van der Waals surface area contributed by atoms with Crippen LogP contribution in [-0.2, 0) is 48.5 Å². The van der Waals surface area contributed by atoms with Gasteiger partial charge in [-0.05, 0) is 98.2 Å². The Balaban J connectivity index is 0.000000155. The van der Waals surface area contributed by atoms with Crippen LogP contribution >= 0.6 is 0 Å². The molecular weight excluding hydrogens is 791 g/mol. The van der Waals surface area contributed by atoms with Crippen LogP contribution in [0.3, 0.4) is 0 Å². The van der Waals surface area contributed by atoms with Gasteiger partial charge < -0.3 is 14.8 Å². The van der Waals surface area contributed by atoms with E-state index in [2.05, 4.69) is 42.8 Å². The molecule has 312 valence electrons. The predicted octanol–water partition coefficient (Wildman–Crippen LogP) is 5.17. The molecule has 10 rings (SSSR count). The zero-order chi connectivity index (χ0) is 41.2. The maximum absolute atomic E-state index is 14.5. The van der Waals surface area contributed by atoms with Crippen LogP contribution in [0.25, 0.3) is 22.4 Å². The number of nitrogens with one attached hydrogen (secondary N) is 1. The molecule has 0 saturated carbocycles. The smallest absolute Gasteiger partial charge is 0.211 e. The molecule has 60 heavy (non-hydrogen) atoms. The van der Waals surface area contributed by atoms with Crippen LogP contribution in [0.15, 0.2) is 61.5 Å². The van der Waals surface area contributed by atoms with Gasteiger partial charge in [-0.2, -0.15) is 0 Å². The van der Waals surface area contributed by atoms with Gasteiger partial charge in [-0.3, -0.25) is 8.80 Å². The summed E-state index contributed by atoms with van der Waals surface area (Å²) in [6, 6.07) is 6.37. The van der Waals surface area contributed by atoms with Crippen LogP contribution < -0.4 is 14.8 Å². The summed E-state index contributed by atoms with van der Waals surface area (Å²) < 4.78 is 69.2. The summed E-state index contributed by atoms with van der Waals surface area (Å²) in [5, 5.41) is 20.2. The first-order chi connectivity index (χ1) is 29.2. The maximum Gasteiger partial charge on any atom is 0.211 e. The average Bonchev–Trinajstić information content (AvgIpc) is 4.05. The highest BCUT2D eigenvalue weighted by Crippen LogP contribution is 2.33. The summed E-state index contributed by atoms with van der Waals surface area (Å²) in [7, 11) is -3.22. The standard InChI is InChI=1S/C22H24FN5O3S.C21H22FN5O/c1-32(29,30)27-10-2-3-15(8-11-27)18-13-24-21(28-14-25-26-22(18)28)7-4-16-17-9-12-31-20(17)6-5-19(16)23;22-18-4-5-19-16(8-11-28-19)15(18)3-6-20-24-12-17(21-26-25-13-27(20)21)14-2-1-9-23-10-7-14/h3,5-6,13-14H,2,4,7-12H2,1H3;2,4-5,12-13,23H,1,3,6-11H2. The number of sulfonamides is 1. The van der Waals surface area contributed by atoms with Gasteiger partial charge in [-0.1, -0.05) is 12.2 Å². The summed E-state index contributed by atoms with van der Waals surface area (Å²) in [6.45, 7) is 4.04. The molecule has 4 aliphatic rings. The van der Waals surface area contributed by atoms with Crippen molar-refractivity contribution in [2.45, 2.75) is 64.2 Å². The summed E-state index contributed by atoms with van der Waals surface area (Å²) in [4.78, 5) is 9.34. The van der Waals surface area contributed by atoms with Gasteiger partial charge >= 0.3 is 0 Å². The van der Waals surface area contributed by atoms with E-state index in [9.17, 15) is 17.2 Å². The van der Waals surface area contributed by atoms with Crippen molar-refractivity contribution in [2.75, 3.05) is 45.6 Å². The van der Waals surface area contributed by atoms with Gasteiger partial charge in [-0.25, -0.2) is 31.5 Å². The molecule has 0 atom stereocenters. The molecule has 0 saturated heterocycles. The molecule has 17 heteroatoms. The van der Waals surface area contributed by atoms with Crippen molar-refractivity contribution in [3.63, 3.8) is 0 Å². The molecule has 14 nitrogen and oxygen atoms in total. The molecular formula is C43H46F2N10O4S. The normalized spacial score (nSPS) is 16.9. The molecule has 2 aromatic carbocycles. The van der Waals surface area contributed by atoms with Crippen LogP contribution in [0.2, 0.25) is 0 Å². The highest BCUT2D eigenvalue weighted by Gasteiger charge is 2.24. The van der Waals surface area contributed by atoms with Crippen molar-refractivity contribution in [2.24, 2.45) is 0 Å². The van der Waals surface area contributed by atoms with E-state index in [0.717, 1.165) is 101 Å². The van der Waals surface area contributed by atoms with Gasteiger partial charge in [0, 0.05) is 73.4 Å². The minimum atomic E-state index is -3.22. The zero-order valence-corrected chi connectivity index (χ0v) is 34.2. The number of halogens is 2. The molecule has 0 fully saturated rings. The summed E-state index contributed by atoms with van der Waals surface area (Å²) >= 11 is 0. The lowest BCUT2D eigenvalue weighted by Crippen LogP contribution is -2.30. The second kappa shape index (κ2) is 17.1. The first-order valence-electron chi connectivity index (χ1n) is 20.5. The lowest BCUT2D eigenvalue weighted by atomic mass is 9.99. The average molecular weight is 837 g/mol. The predicted molar refractivity (Wildman–Crippen MR) is 221 cm³/mol. The van der Waals surface area contributed by atoms with Gasteiger partial charge in [0.1, 0.15) is 47.4 Å². The van der Waals surface area contributed by atoms with Crippen molar-refractivity contribution < 1.29 is 26.7 Å². The Morgan fingerprint density at radius 3 is 1.80 bits per heavy atom. The second-order valence-corrected chi connectivity index (χ2v) is 17.4. The maximum atomic E-state index is 14.5. The van der Waals surface area contributed by atoms with E-state index in [1.54, 1.807) is 31.0 Å². The minimum absolute atomic E-state index is 0.169. The van der Waals surface area contributed by atoms with E-state index in [1.807, 2.05) is 15.0 Å². The molecule has 6 aromatic rings. The van der Waals surface area contributed by atoms with Crippen LogP contribution in [0.1, 0.15) is 70.7 Å². The quantitative estimate of drug-likeness (QED) is 0.205. The van der Waals surface area contributed by atoms with Crippen molar-refractivity contribution in [1.82, 2.24) is 48.8 Å².